The molecule has 2 aromatic rings. The lowest BCUT2D eigenvalue weighted by Crippen LogP contribution is -1.96. The number of aromatic nitrogens is 1. The molecule has 0 aliphatic rings. The Bertz CT molecular complexity index is 573. The van der Waals surface area contributed by atoms with Crippen LogP contribution in [0.3, 0.4) is 0 Å². The quantitative estimate of drug-likeness (QED) is 0.863. The lowest BCUT2D eigenvalue weighted by atomic mass is 10.1. The molecule has 1 aromatic heterocycles. The maximum Gasteiger partial charge on any atom is 0.337 e. The number of benzene rings is 1. The molecule has 2 rings (SSSR count). The third kappa shape index (κ3) is 3.83. The highest BCUT2D eigenvalue weighted by Crippen LogP contribution is 2.22. The number of hydrogen-bond acceptors (Lipinski definition) is 3. The van der Waals surface area contributed by atoms with E-state index in [1.165, 1.54) is 22.9 Å². The van der Waals surface area contributed by atoms with Gasteiger partial charge in [-0.2, -0.15) is 0 Å². The van der Waals surface area contributed by atoms with Crippen molar-refractivity contribution in [2.45, 2.75) is 24.6 Å². The summed E-state index contributed by atoms with van der Waals surface area (Å²) in [5.41, 5.74) is 3.98. The van der Waals surface area contributed by atoms with E-state index in [1.54, 1.807) is 23.9 Å². The number of rotatable bonds is 4. The van der Waals surface area contributed by atoms with Crippen LogP contribution in [0.2, 0.25) is 0 Å². The van der Waals surface area contributed by atoms with Crippen molar-refractivity contribution in [3.8, 4) is 0 Å². The van der Waals surface area contributed by atoms with Crippen molar-refractivity contribution in [1.82, 2.24) is 4.98 Å². The van der Waals surface area contributed by atoms with Gasteiger partial charge in [-0.15, -0.1) is 11.8 Å². The minimum atomic E-state index is -0.946. The molecule has 0 spiro atoms. The molecule has 4 heteroatoms. The summed E-state index contributed by atoms with van der Waals surface area (Å²) >= 11 is 1.61. The lowest BCUT2D eigenvalue weighted by Gasteiger charge is -2.05. The highest BCUT2D eigenvalue weighted by atomic mass is 32.2. The van der Waals surface area contributed by atoms with Crippen molar-refractivity contribution in [3.05, 3.63) is 58.8 Å². The number of nitrogens with zero attached hydrogens (tertiary/aromatic N) is 1. The first-order valence-corrected chi connectivity index (χ1v) is 6.92. The van der Waals surface area contributed by atoms with Crippen LogP contribution in [-0.2, 0) is 5.75 Å². The molecule has 19 heavy (non-hydrogen) atoms. The number of pyridine rings is 1. The predicted molar refractivity (Wildman–Crippen MR) is 76.7 cm³/mol. The van der Waals surface area contributed by atoms with Crippen LogP contribution in [0, 0.1) is 13.8 Å². The van der Waals surface area contributed by atoms with Crippen molar-refractivity contribution in [2.75, 3.05) is 0 Å². The van der Waals surface area contributed by atoms with Gasteiger partial charge in [0.15, 0.2) is 0 Å². The molecule has 0 atom stereocenters. The van der Waals surface area contributed by atoms with Crippen LogP contribution in [0.4, 0.5) is 0 Å². The molecule has 3 nitrogen and oxygen atoms in total. The number of hydrogen-bond donors (Lipinski definition) is 1. The van der Waals surface area contributed by atoms with E-state index in [0.717, 1.165) is 10.8 Å². The summed E-state index contributed by atoms with van der Waals surface area (Å²) in [5.74, 6) is -0.111. The molecule has 1 heterocycles. The Labute approximate surface area is 116 Å². The monoisotopic (exact) mass is 273 g/mol. The highest BCUT2D eigenvalue weighted by Gasteiger charge is 2.04. The van der Waals surface area contributed by atoms with Crippen molar-refractivity contribution in [2.24, 2.45) is 0 Å². The summed E-state index contributed by atoms with van der Waals surface area (Å²) in [6.45, 7) is 4.17. The largest absolute Gasteiger partial charge is 0.478 e. The van der Waals surface area contributed by atoms with E-state index in [1.807, 2.05) is 0 Å². The number of aromatic carboxylic acids is 1. The van der Waals surface area contributed by atoms with Gasteiger partial charge in [0.05, 0.1) is 10.6 Å². The third-order valence-electron chi connectivity index (χ3n) is 2.65. The molecular weight excluding hydrogens is 258 g/mol. The molecule has 0 aliphatic heterocycles. The first-order valence-electron chi connectivity index (χ1n) is 5.94. The van der Waals surface area contributed by atoms with Crippen LogP contribution in [0.25, 0.3) is 0 Å². The Kier molecular flexibility index (Phi) is 4.22. The first kappa shape index (κ1) is 13.6. The topological polar surface area (TPSA) is 50.2 Å². The van der Waals surface area contributed by atoms with E-state index >= 15 is 0 Å². The predicted octanol–water partition coefficient (Wildman–Crippen LogP) is 3.69. The molecule has 0 aliphatic carbocycles. The van der Waals surface area contributed by atoms with Crippen LogP contribution >= 0.6 is 11.8 Å². The fourth-order valence-corrected chi connectivity index (χ4v) is 2.67. The highest BCUT2D eigenvalue weighted by molar-refractivity contribution is 7.98. The minimum absolute atomic E-state index is 0.218. The summed E-state index contributed by atoms with van der Waals surface area (Å²) in [5, 5.41) is 9.64. The van der Waals surface area contributed by atoms with Gasteiger partial charge in [0.2, 0.25) is 0 Å². The Morgan fingerprint density at radius 3 is 2.42 bits per heavy atom. The van der Waals surface area contributed by atoms with Crippen molar-refractivity contribution >= 4 is 17.7 Å². The van der Waals surface area contributed by atoms with Crippen LogP contribution in [0.15, 0.2) is 41.6 Å². The smallest absolute Gasteiger partial charge is 0.337 e. The Hall–Kier alpha value is -1.81. The SMILES string of the molecule is Cc1cc(C)cc(CSc2ccc(C(=O)O)cn2)c1. The molecule has 1 N–H and O–H groups in total. The summed E-state index contributed by atoms with van der Waals surface area (Å²) in [6, 6.07) is 9.79. The second kappa shape index (κ2) is 5.89. The minimum Gasteiger partial charge on any atom is -0.478 e. The Morgan fingerprint density at radius 2 is 1.89 bits per heavy atom. The van der Waals surface area contributed by atoms with Crippen molar-refractivity contribution in [1.29, 1.82) is 0 Å². The second-order valence-corrected chi connectivity index (χ2v) is 5.47. The maximum atomic E-state index is 10.7. The summed E-state index contributed by atoms with van der Waals surface area (Å²) in [4.78, 5) is 14.9. The molecular formula is C15H15NO2S. The third-order valence-corrected chi connectivity index (χ3v) is 3.67. The average Bonchev–Trinajstić information content (AvgIpc) is 2.36. The lowest BCUT2D eigenvalue weighted by molar-refractivity contribution is 0.0696. The fraction of sp³-hybridized carbons (Fsp3) is 0.200. The Balaban J connectivity index is 2.03. The average molecular weight is 273 g/mol. The molecule has 0 amide bonds. The van der Waals surface area contributed by atoms with Gasteiger partial charge in [-0.25, -0.2) is 9.78 Å². The van der Waals surface area contributed by atoms with Crippen molar-refractivity contribution < 1.29 is 9.90 Å². The normalized spacial score (nSPS) is 10.4. The van der Waals surface area contributed by atoms with E-state index < -0.39 is 5.97 Å². The van der Waals surface area contributed by atoms with Gasteiger partial charge in [0.1, 0.15) is 0 Å². The fourth-order valence-electron chi connectivity index (χ4n) is 1.90. The second-order valence-electron chi connectivity index (χ2n) is 4.47. The van der Waals surface area contributed by atoms with Gasteiger partial charge in [-0.3, -0.25) is 0 Å². The van der Waals surface area contributed by atoms with Crippen LogP contribution < -0.4 is 0 Å². The molecule has 0 saturated heterocycles. The van der Waals surface area contributed by atoms with Crippen molar-refractivity contribution in [3.63, 3.8) is 0 Å². The number of carboxylic acid groups (broad SMARTS) is 1. The zero-order valence-corrected chi connectivity index (χ0v) is 11.7. The molecule has 0 fully saturated rings. The van der Waals surface area contributed by atoms with E-state index in [-0.39, 0.29) is 5.56 Å². The number of carbonyl (C=O) groups is 1. The van der Waals surface area contributed by atoms with Gasteiger partial charge in [0.25, 0.3) is 0 Å². The van der Waals surface area contributed by atoms with Crippen LogP contribution in [0.1, 0.15) is 27.0 Å². The molecule has 0 bridgehead atoms. The molecule has 1 aromatic carbocycles. The van der Waals surface area contributed by atoms with E-state index in [0.29, 0.717) is 0 Å². The molecule has 98 valence electrons. The van der Waals surface area contributed by atoms with Gasteiger partial charge >= 0.3 is 5.97 Å². The maximum absolute atomic E-state index is 10.7. The molecule has 0 saturated carbocycles. The first-order chi connectivity index (χ1) is 9.04. The zero-order valence-electron chi connectivity index (χ0n) is 10.9. The molecule has 0 radical (unpaired) electrons. The molecule has 0 unspecified atom stereocenters. The van der Waals surface area contributed by atoms with Gasteiger partial charge in [-0.05, 0) is 31.5 Å². The summed E-state index contributed by atoms with van der Waals surface area (Å²) in [6.07, 6.45) is 1.40. The summed E-state index contributed by atoms with van der Waals surface area (Å²) < 4.78 is 0. The van der Waals surface area contributed by atoms with E-state index in [9.17, 15) is 4.79 Å². The number of carboxylic acids is 1. The van der Waals surface area contributed by atoms with Gasteiger partial charge in [-0.1, -0.05) is 29.3 Å². The van der Waals surface area contributed by atoms with Crippen LogP contribution in [0.5, 0.6) is 0 Å². The van der Waals surface area contributed by atoms with E-state index in [2.05, 4.69) is 37.0 Å². The number of aryl methyl sites for hydroxylation is 2. The standard InChI is InChI=1S/C15H15NO2S/c1-10-5-11(2)7-12(6-10)9-19-14-4-3-13(8-16-14)15(17)18/h3-8H,9H2,1-2H3,(H,17,18). The van der Waals surface area contributed by atoms with Crippen LogP contribution in [-0.4, -0.2) is 16.1 Å². The zero-order chi connectivity index (χ0) is 13.8. The van der Waals surface area contributed by atoms with Gasteiger partial charge < -0.3 is 5.11 Å². The van der Waals surface area contributed by atoms with E-state index in [4.69, 9.17) is 5.11 Å². The summed E-state index contributed by atoms with van der Waals surface area (Å²) in [7, 11) is 0. The van der Waals surface area contributed by atoms with Gasteiger partial charge in [0, 0.05) is 11.9 Å². The number of thioether (sulfide) groups is 1. The Morgan fingerprint density at radius 1 is 1.21 bits per heavy atom.